The van der Waals surface area contributed by atoms with Crippen LogP contribution in [0.2, 0.25) is 0 Å². The summed E-state index contributed by atoms with van der Waals surface area (Å²) in [5.41, 5.74) is 0. The normalized spacial score (nSPS) is 23.2. The highest BCUT2D eigenvalue weighted by Crippen LogP contribution is 2.13. The molecule has 2 unspecified atom stereocenters. The molecule has 2 atom stereocenters. The number of nitrogens with one attached hydrogen (secondary N) is 2. The van der Waals surface area contributed by atoms with Crippen molar-refractivity contribution in [2.45, 2.75) is 64.8 Å². The van der Waals surface area contributed by atoms with Crippen LogP contribution in [0.5, 0.6) is 0 Å². The largest absolute Gasteiger partial charge is 0.316 e. The molecule has 0 bridgehead atoms. The summed E-state index contributed by atoms with van der Waals surface area (Å²) in [5, 5.41) is 7.15. The highest BCUT2D eigenvalue weighted by atomic mass is 14.9. The lowest BCUT2D eigenvalue weighted by Gasteiger charge is -2.23. The standard InChI is InChI=1S/C14H30N2/c1-3-4-5-7-13(2)16-11-9-14-8-6-10-15-12-14/h13-16H,3-12H2,1-2H3. The van der Waals surface area contributed by atoms with Gasteiger partial charge in [-0.2, -0.15) is 0 Å². The summed E-state index contributed by atoms with van der Waals surface area (Å²) in [7, 11) is 0. The Morgan fingerprint density at radius 1 is 1.38 bits per heavy atom. The zero-order valence-corrected chi connectivity index (χ0v) is 11.2. The maximum absolute atomic E-state index is 3.66. The van der Waals surface area contributed by atoms with Crippen LogP contribution < -0.4 is 10.6 Å². The molecular formula is C14H30N2. The van der Waals surface area contributed by atoms with E-state index in [9.17, 15) is 0 Å². The molecular weight excluding hydrogens is 196 g/mol. The predicted octanol–water partition coefficient (Wildman–Crippen LogP) is 2.93. The van der Waals surface area contributed by atoms with Crippen LogP contribution in [0.25, 0.3) is 0 Å². The fraction of sp³-hybridized carbons (Fsp3) is 1.00. The Labute approximate surface area is 102 Å². The van der Waals surface area contributed by atoms with Gasteiger partial charge in [0.05, 0.1) is 0 Å². The van der Waals surface area contributed by atoms with Gasteiger partial charge in [0.2, 0.25) is 0 Å². The third-order valence-corrected chi connectivity index (χ3v) is 3.69. The topological polar surface area (TPSA) is 24.1 Å². The first-order valence-corrected chi connectivity index (χ1v) is 7.27. The highest BCUT2D eigenvalue weighted by molar-refractivity contribution is 4.70. The van der Waals surface area contributed by atoms with Crippen LogP contribution in [0.3, 0.4) is 0 Å². The van der Waals surface area contributed by atoms with Crippen molar-refractivity contribution in [2.75, 3.05) is 19.6 Å². The van der Waals surface area contributed by atoms with E-state index in [-0.39, 0.29) is 0 Å². The summed E-state index contributed by atoms with van der Waals surface area (Å²) in [6, 6.07) is 0.711. The number of hydrogen-bond donors (Lipinski definition) is 2. The van der Waals surface area contributed by atoms with Crippen LogP contribution >= 0.6 is 0 Å². The second-order valence-corrected chi connectivity index (χ2v) is 5.35. The first kappa shape index (κ1) is 14.0. The van der Waals surface area contributed by atoms with Crippen molar-refractivity contribution in [3.8, 4) is 0 Å². The number of hydrogen-bond acceptors (Lipinski definition) is 2. The molecule has 96 valence electrons. The minimum atomic E-state index is 0.711. The van der Waals surface area contributed by atoms with E-state index >= 15 is 0 Å². The molecule has 1 fully saturated rings. The van der Waals surface area contributed by atoms with Gasteiger partial charge in [0.1, 0.15) is 0 Å². The van der Waals surface area contributed by atoms with Crippen LogP contribution in [-0.4, -0.2) is 25.7 Å². The Morgan fingerprint density at radius 3 is 2.94 bits per heavy atom. The molecule has 16 heavy (non-hydrogen) atoms. The molecule has 0 radical (unpaired) electrons. The predicted molar refractivity (Wildman–Crippen MR) is 71.8 cm³/mol. The van der Waals surface area contributed by atoms with Crippen LogP contribution in [0.15, 0.2) is 0 Å². The number of rotatable bonds is 8. The summed E-state index contributed by atoms with van der Waals surface area (Å²) in [6.45, 7) is 8.28. The van der Waals surface area contributed by atoms with E-state index in [1.807, 2.05) is 0 Å². The maximum atomic E-state index is 3.66. The van der Waals surface area contributed by atoms with Gasteiger partial charge in [0, 0.05) is 6.04 Å². The molecule has 1 aliphatic rings. The lowest BCUT2D eigenvalue weighted by molar-refractivity contribution is 0.343. The molecule has 1 aliphatic heterocycles. The smallest absolute Gasteiger partial charge is 0.00387 e. The van der Waals surface area contributed by atoms with Gasteiger partial charge in [-0.1, -0.05) is 26.2 Å². The fourth-order valence-electron chi connectivity index (χ4n) is 2.51. The molecule has 0 aromatic rings. The molecule has 0 amide bonds. The van der Waals surface area contributed by atoms with Crippen molar-refractivity contribution in [3.05, 3.63) is 0 Å². The van der Waals surface area contributed by atoms with Gasteiger partial charge in [0.25, 0.3) is 0 Å². The molecule has 0 aromatic carbocycles. The Bertz CT molecular complexity index is 153. The van der Waals surface area contributed by atoms with Gasteiger partial charge in [0.15, 0.2) is 0 Å². The third kappa shape index (κ3) is 6.49. The molecule has 0 aromatic heterocycles. The Kier molecular flexibility index (Phi) is 7.87. The average Bonchev–Trinajstić information content (AvgIpc) is 2.31. The van der Waals surface area contributed by atoms with E-state index in [1.54, 1.807) is 0 Å². The molecule has 2 N–H and O–H groups in total. The van der Waals surface area contributed by atoms with E-state index in [0.29, 0.717) is 6.04 Å². The number of unbranched alkanes of at least 4 members (excludes halogenated alkanes) is 2. The molecule has 1 saturated heterocycles. The van der Waals surface area contributed by atoms with Crippen molar-refractivity contribution in [2.24, 2.45) is 5.92 Å². The van der Waals surface area contributed by atoms with E-state index in [0.717, 1.165) is 5.92 Å². The van der Waals surface area contributed by atoms with Crippen molar-refractivity contribution in [3.63, 3.8) is 0 Å². The zero-order valence-electron chi connectivity index (χ0n) is 11.2. The summed E-state index contributed by atoms with van der Waals surface area (Å²) in [4.78, 5) is 0. The molecule has 0 spiro atoms. The SMILES string of the molecule is CCCCCC(C)NCCC1CCCNC1. The minimum Gasteiger partial charge on any atom is -0.316 e. The summed E-state index contributed by atoms with van der Waals surface area (Å²) in [6.07, 6.45) is 9.60. The lowest BCUT2D eigenvalue weighted by atomic mass is 9.96. The van der Waals surface area contributed by atoms with Gasteiger partial charge in [-0.25, -0.2) is 0 Å². The van der Waals surface area contributed by atoms with Crippen LogP contribution in [0, 0.1) is 5.92 Å². The average molecular weight is 226 g/mol. The van der Waals surface area contributed by atoms with E-state index in [1.165, 1.54) is 64.6 Å². The van der Waals surface area contributed by atoms with Gasteiger partial charge < -0.3 is 10.6 Å². The van der Waals surface area contributed by atoms with E-state index in [4.69, 9.17) is 0 Å². The molecule has 0 aliphatic carbocycles. The molecule has 2 heteroatoms. The van der Waals surface area contributed by atoms with Gasteiger partial charge in [-0.15, -0.1) is 0 Å². The summed E-state index contributed by atoms with van der Waals surface area (Å²) in [5.74, 6) is 0.920. The van der Waals surface area contributed by atoms with Crippen LogP contribution in [0.4, 0.5) is 0 Å². The zero-order chi connectivity index (χ0) is 11.6. The Morgan fingerprint density at radius 2 is 2.25 bits per heavy atom. The second-order valence-electron chi connectivity index (χ2n) is 5.35. The molecule has 1 heterocycles. The highest BCUT2D eigenvalue weighted by Gasteiger charge is 2.12. The van der Waals surface area contributed by atoms with Crippen molar-refractivity contribution in [1.29, 1.82) is 0 Å². The Balaban J connectivity index is 1.92. The summed E-state index contributed by atoms with van der Waals surface area (Å²) >= 11 is 0. The molecule has 1 rings (SSSR count). The minimum absolute atomic E-state index is 0.711. The van der Waals surface area contributed by atoms with E-state index < -0.39 is 0 Å². The second kappa shape index (κ2) is 9.00. The molecule has 0 saturated carbocycles. The van der Waals surface area contributed by atoms with Gasteiger partial charge >= 0.3 is 0 Å². The monoisotopic (exact) mass is 226 g/mol. The quantitative estimate of drug-likeness (QED) is 0.622. The van der Waals surface area contributed by atoms with Crippen LogP contribution in [-0.2, 0) is 0 Å². The summed E-state index contributed by atoms with van der Waals surface area (Å²) < 4.78 is 0. The molecule has 2 nitrogen and oxygen atoms in total. The lowest BCUT2D eigenvalue weighted by Crippen LogP contribution is -2.33. The van der Waals surface area contributed by atoms with Gasteiger partial charge in [-0.05, 0) is 58.2 Å². The van der Waals surface area contributed by atoms with Crippen molar-refractivity contribution < 1.29 is 0 Å². The first-order valence-electron chi connectivity index (χ1n) is 7.27. The number of piperidine rings is 1. The third-order valence-electron chi connectivity index (χ3n) is 3.69. The van der Waals surface area contributed by atoms with E-state index in [2.05, 4.69) is 24.5 Å². The van der Waals surface area contributed by atoms with Gasteiger partial charge in [-0.3, -0.25) is 0 Å². The fourth-order valence-corrected chi connectivity index (χ4v) is 2.51. The van der Waals surface area contributed by atoms with Crippen molar-refractivity contribution in [1.82, 2.24) is 10.6 Å². The maximum Gasteiger partial charge on any atom is 0.00387 e. The Hall–Kier alpha value is -0.0800. The van der Waals surface area contributed by atoms with Crippen molar-refractivity contribution >= 4 is 0 Å². The van der Waals surface area contributed by atoms with Crippen LogP contribution in [0.1, 0.15) is 58.8 Å². The first-order chi connectivity index (χ1) is 7.83.